The van der Waals surface area contributed by atoms with Gasteiger partial charge in [0, 0.05) is 58.3 Å². The third-order valence-electron chi connectivity index (χ3n) is 13.7. The third kappa shape index (κ3) is 46.4. The van der Waals surface area contributed by atoms with E-state index in [9.17, 15) is 24.0 Å². The minimum absolute atomic E-state index is 0.0967. The van der Waals surface area contributed by atoms with Crippen LogP contribution in [0, 0.1) is 51.2 Å². The maximum Gasteiger partial charge on any atom is 0.226 e. The van der Waals surface area contributed by atoms with Crippen molar-refractivity contribution in [1.29, 1.82) is 0 Å². The van der Waals surface area contributed by atoms with Crippen LogP contribution in [0.4, 0.5) is 0 Å². The second-order valence-electron chi connectivity index (χ2n) is 27.6. The second kappa shape index (κ2) is 38.8. The minimum atomic E-state index is -0.269. The molecule has 0 fully saturated rings. The molecule has 438 valence electrons. The lowest BCUT2D eigenvalue weighted by atomic mass is 9.80. The van der Waals surface area contributed by atoms with Crippen LogP contribution >= 0.6 is 0 Å². The van der Waals surface area contributed by atoms with E-state index in [0.717, 1.165) is 64.5 Å². The van der Waals surface area contributed by atoms with Crippen LogP contribution in [-0.4, -0.2) is 59.2 Å². The molecule has 0 heterocycles. The number of amides is 5. The van der Waals surface area contributed by atoms with Crippen molar-refractivity contribution in [3.05, 3.63) is 0 Å². The van der Waals surface area contributed by atoms with Crippen LogP contribution in [0.15, 0.2) is 0 Å². The van der Waals surface area contributed by atoms with Gasteiger partial charge in [0.2, 0.25) is 29.5 Å². The highest BCUT2D eigenvalue weighted by Crippen LogP contribution is 2.29. The second-order valence-corrected chi connectivity index (χ2v) is 27.6. The zero-order valence-electron chi connectivity index (χ0n) is 54.4. The Labute approximate surface area is 456 Å². The van der Waals surface area contributed by atoms with Gasteiger partial charge in [0.25, 0.3) is 0 Å². The van der Waals surface area contributed by atoms with Gasteiger partial charge >= 0.3 is 0 Å². The molecular formula is C63H131N5O5. The molecule has 0 saturated carbocycles. The van der Waals surface area contributed by atoms with E-state index in [4.69, 9.17) is 0 Å². The fourth-order valence-corrected chi connectivity index (χ4v) is 7.83. The SMILES string of the molecule is CCC(C)(C)C(=O)NC(C)(C)CC(C)(C)C.CCC(C)C(=O)NC(C)(C)C.CCC(C)C(=O)NC(C)(C)CC(C)(C)C.CCCCC(CC)CNC(=O)C(C)(C)CC.CCCCC(CC)CNC(=O)C(C)CC. The first-order chi connectivity index (χ1) is 33.0. The van der Waals surface area contributed by atoms with Crippen LogP contribution in [0.5, 0.6) is 0 Å². The summed E-state index contributed by atoms with van der Waals surface area (Å²) in [7, 11) is 0. The van der Waals surface area contributed by atoms with Crippen molar-refractivity contribution in [3.8, 4) is 0 Å². The highest BCUT2D eigenvalue weighted by molar-refractivity contribution is 5.82. The largest absolute Gasteiger partial charge is 0.356 e. The zero-order valence-corrected chi connectivity index (χ0v) is 54.4. The van der Waals surface area contributed by atoms with Crippen molar-refractivity contribution in [2.75, 3.05) is 13.1 Å². The normalized spacial score (nSPS) is 14.2. The molecule has 73 heavy (non-hydrogen) atoms. The summed E-state index contributed by atoms with van der Waals surface area (Å²) in [5, 5.41) is 15.4. The van der Waals surface area contributed by atoms with Crippen molar-refractivity contribution in [1.82, 2.24) is 26.6 Å². The van der Waals surface area contributed by atoms with Gasteiger partial charge in [0.1, 0.15) is 0 Å². The van der Waals surface area contributed by atoms with Crippen LogP contribution < -0.4 is 26.6 Å². The molecule has 0 radical (unpaired) electrons. The first-order valence-corrected chi connectivity index (χ1v) is 29.5. The first-order valence-electron chi connectivity index (χ1n) is 29.5. The van der Waals surface area contributed by atoms with E-state index in [1.165, 1.54) is 44.9 Å². The van der Waals surface area contributed by atoms with Gasteiger partial charge in [-0.05, 0) is 129 Å². The molecule has 0 aromatic rings. The Morgan fingerprint density at radius 1 is 0.384 bits per heavy atom. The lowest BCUT2D eigenvalue weighted by Crippen LogP contribution is -2.50. The van der Waals surface area contributed by atoms with Gasteiger partial charge in [0.05, 0.1) is 0 Å². The lowest BCUT2D eigenvalue weighted by molar-refractivity contribution is -0.131. The summed E-state index contributed by atoms with van der Waals surface area (Å²) in [6, 6.07) is 0. The van der Waals surface area contributed by atoms with E-state index in [-0.39, 0.29) is 85.6 Å². The highest BCUT2D eigenvalue weighted by Gasteiger charge is 2.33. The number of unbranched alkanes of at least 4 members (excludes halogenated alkanes) is 2. The minimum Gasteiger partial charge on any atom is -0.356 e. The Morgan fingerprint density at radius 2 is 0.699 bits per heavy atom. The Morgan fingerprint density at radius 3 is 1.00 bits per heavy atom. The van der Waals surface area contributed by atoms with Gasteiger partial charge in [-0.15, -0.1) is 0 Å². The molecule has 5 N–H and O–H groups in total. The maximum atomic E-state index is 12.1. The van der Waals surface area contributed by atoms with E-state index in [2.05, 4.69) is 144 Å². The molecule has 10 nitrogen and oxygen atoms in total. The van der Waals surface area contributed by atoms with Crippen molar-refractivity contribution in [2.24, 2.45) is 51.2 Å². The number of nitrogens with one attached hydrogen (secondary N) is 5. The molecule has 0 aliphatic heterocycles. The van der Waals surface area contributed by atoms with Gasteiger partial charge in [-0.3, -0.25) is 24.0 Å². The van der Waals surface area contributed by atoms with Crippen LogP contribution in [0.2, 0.25) is 0 Å². The molecule has 5 amide bonds. The average Bonchev–Trinajstić information content (AvgIpc) is 3.26. The summed E-state index contributed by atoms with van der Waals surface area (Å²) in [6.07, 6.45) is 16.3. The Bertz CT molecular complexity index is 1460. The Kier molecular flexibility index (Phi) is 42.1. The molecule has 0 saturated heterocycles. The summed E-state index contributed by atoms with van der Waals surface area (Å²) in [4.78, 5) is 58.6. The van der Waals surface area contributed by atoms with Crippen LogP contribution in [0.1, 0.15) is 297 Å². The number of carbonyl (C=O) groups is 5. The van der Waals surface area contributed by atoms with E-state index >= 15 is 0 Å². The maximum absolute atomic E-state index is 12.1. The van der Waals surface area contributed by atoms with Gasteiger partial charge in [0.15, 0.2) is 0 Å². The predicted molar refractivity (Wildman–Crippen MR) is 320 cm³/mol. The molecule has 0 aromatic heterocycles. The Hall–Kier alpha value is -2.65. The number of hydrogen-bond acceptors (Lipinski definition) is 5. The molecule has 0 aliphatic carbocycles. The highest BCUT2D eigenvalue weighted by atomic mass is 16.2. The molecule has 5 unspecified atom stereocenters. The van der Waals surface area contributed by atoms with Crippen molar-refractivity contribution in [3.63, 3.8) is 0 Å². The molecular weight excluding hydrogens is 907 g/mol. The van der Waals surface area contributed by atoms with Crippen LogP contribution in [-0.2, 0) is 24.0 Å². The third-order valence-corrected chi connectivity index (χ3v) is 13.7. The van der Waals surface area contributed by atoms with E-state index in [1.807, 2.05) is 83.1 Å². The van der Waals surface area contributed by atoms with E-state index in [0.29, 0.717) is 11.8 Å². The number of rotatable bonds is 26. The average molecular weight is 1040 g/mol. The van der Waals surface area contributed by atoms with Gasteiger partial charge in [-0.2, -0.15) is 0 Å². The summed E-state index contributed by atoms with van der Waals surface area (Å²) in [6.45, 7) is 62.3. The van der Waals surface area contributed by atoms with Crippen LogP contribution in [0.3, 0.4) is 0 Å². The predicted octanol–water partition coefficient (Wildman–Crippen LogP) is 16.2. The van der Waals surface area contributed by atoms with Crippen molar-refractivity contribution >= 4 is 29.5 Å². The zero-order chi connectivity index (χ0) is 58.8. The fraction of sp³-hybridized carbons (Fsp3) is 0.921. The van der Waals surface area contributed by atoms with E-state index < -0.39 is 0 Å². The van der Waals surface area contributed by atoms with Crippen molar-refractivity contribution in [2.45, 2.75) is 314 Å². The standard InChI is InChI=1S/2C14H29NO.2C13H27NO.C9H19NO/c1-9-13(5,6)11(16)15-14(7,8)10-12(2,3)4;1-6-9-10-12(7-2)11-15-13(16)14(4,5)8-3;1-8-10(2)11(15)14-13(6,7)9-12(3,4)5;1-5-8-9-12(7-3)10-14-13(15)11(4)6-2;1-6-7(2)8(11)10-9(3,4)5/h9-10H2,1-8H3,(H,15,16);12H,6-11H2,1-5H3,(H,15,16);10H,8-9H2,1-7H3,(H,14,15);11-12H,5-10H2,1-4H3,(H,14,15);7H,6H2,1-5H3,(H,10,11). The number of hydrogen-bond donors (Lipinski definition) is 5. The summed E-state index contributed by atoms with van der Waals surface area (Å²) in [5.41, 5.74) is -0.362. The summed E-state index contributed by atoms with van der Waals surface area (Å²) < 4.78 is 0. The van der Waals surface area contributed by atoms with Gasteiger partial charge in [-0.25, -0.2) is 0 Å². The fourth-order valence-electron chi connectivity index (χ4n) is 7.83. The molecule has 0 aromatic carbocycles. The number of carbonyl (C=O) groups excluding carboxylic acids is 5. The quantitative estimate of drug-likeness (QED) is 0.0586. The summed E-state index contributed by atoms with van der Waals surface area (Å²) in [5.74, 6) is 2.62. The van der Waals surface area contributed by atoms with Gasteiger partial charge < -0.3 is 26.6 Å². The molecule has 10 heteroatoms. The van der Waals surface area contributed by atoms with Crippen LogP contribution in [0.25, 0.3) is 0 Å². The first kappa shape index (κ1) is 79.2. The lowest BCUT2D eigenvalue weighted by Gasteiger charge is -2.36. The molecule has 0 aliphatic rings. The molecule has 0 bridgehead atoms. The Balaban J connectivity index is -0.000000265. The summed E-state index contributed by atoms with van der Waals surface area (Å²) >= 11 is 0. The van der Waals surface area contributed by atoms with Crippen molar-refractivity contribution < 1.29 is 24.0 Å². The monoisotopic (exact) mass is 1040 g/mol. The molecule has 0 rings (SSSR count). The topological polar surface area (TPSA) is 146 Å². The molecule has 5 atom stereocenters. The van der Waals surface area contributed by atoms with Gasteiger partial charge in [-0.1, -0.05) is 191 Å². The molecule has 0 spiro atoms. The van der Waals surface area contributed by atoms with E-state index in [1.54, 1.807) is 0 Å². The smallest absolute Gasteiger partial charge is 0.226 e.